The number of rotatable bonds is 3. The highest BCUT2D eigenvalue weighted by atomic mass is 31.2. The van der Waals surface area contributed by atoms with E-state index in [1.165, 1.54) is 24.3 Å². The SMILES string of the molecule is [B]P1(=O)OC[C@H]2O[C@@H](n3cnc4c(N)ncnc43)C(F)[C@H]2OP([B])(=O)OC[C@H]2O[C@@H](n3cc4c5c(ccnc53)NOCC4)[C@@H](OC)C2O1. The molecule has 250 valence electrons. The largest absolute Gasteiger partial charge is 0.382 e. The van der Waals surface area contributed by atoms with E-state index in [1.807, 2.05) is 6.20 Å². The fourth-order valence-electron chi connectivity index (χ4n) is 6.45. The molecular weight excluding hydrogens is 675 g/mol. The van der Waals surface area contributed by atoms with Gasteiger partial charge in [0.1, 0.15) is 48.0 Å². The van der Waals surface area contributed by atoms with E-state index in [0.29, 0.717) is 24.4 Å². The zero-order chi connectivity index (χ0) is 33.4. The lowest BCUT2D eigenvalue weighted by molar-refractivity contribution is -0.0587. The number of aromatic nitrogens is 6. The summed E-state index contributed by atoms with van der Waals surface area (Å²) < 4.78 is 86.7. The van der Waals surface area contributed by atoms with Gasteiger partial charge in [-0.1, -0.05) is 0 Å². The third-order valence-corrected chi connectivity index (χ3v) is 10.7. The Kier molecular flexibility index (Phi) is 8.15. The van der Waals surface area contributed by atoms with Gasteiger partial charge in [0, 0.05) is 31.3 Å². The summed E-state index contributed by atoms with van der Waals surface area (Å²) in [5.41, 5.74) is 11.3. The molecule has 0 saturated carbocycles. The summed E-state index contributed by atoms with van der Waals surface area (Å²) in [4.78, 5) is 22.1. The molecule has 4 unspecified atom stereocenters. The van der Waals surface area contributed by atoms with Crippen molar-refractivity contribution in [1.82, 2.24) is 29.1 Å². The lowest BCUT2D eigenvalue weighted by atomic mass is 10.1. The van der Waals surface area contributed by atoms with Crippen LogP contribution in [0.3, 0.4) is 0 Å². The minimum absolute atomic E-state index is 0.0656. The molecule has 3 saturated heterocycles. The molecule has 18 nitrogen and oxygen atoms in total. The maximum atomic E-state index is 16.1. The molecular formula is C25H27B2FN8O10P2. The highest BCUT2D eigenvalue weighted by Crippen LogP contribution is 2.54. The number of hydrogen-bond donors (Lipinski definition) is 2. The highest BCUT2D eigenvalue weighted by Gasteiger charge is 2.53. The molecule has 8 heterocycles. The number of halogens is 1. The second kappa shape index (κ2) is 12.1. The topological polar surface area (TPSA) is 207 Å². The summed E-state index contributed by atoms with van der Waals surface area (Å²) in [6.45, 7) is -0.732. The number of anilines is 2. The van der Waals surface area contributed by atoms with Gasteiger partial charge in [-0.2, -0.15) is 0 Å². The zero-order valence-corrected chi connectivity index (χ0v) is 26.9. The first kappa shape index (κ1) is 32.3. The first-order chi connectivity index (χ1) is 23.0. The van der Waals surface area contributed by atoms with E-state index in [9.17, 15) is 9.13 Å². The second-order valence-electron chi connectivity index (χ2n) is 11.5. The van der Waals surface area contributed by atoms with Crippen LogP contribution in [0.1, 0.15) is 18.0 Å². The number of nitrogens with one attached hydrogen (secondary N) is 1. The molecule has 0 bridgehead atoms. The summed E-state index contributed by atoms with van der Waals surface area (Å²) in [6.07, 6.45) is -4.17. The van der Waals surface area contributed by atoms with Gasteiger partial charge in [0.2, 0.25) is 15.1 Å². The van der Waals surface area contributed by atoms with Gasteiger partial charge in [-0.25, -0.2) is 24.3 Å². The van der Waals surface area contributed by atoms with Crippen molar-refractivity contribution in [2.45, 2.75) is 55.6 Å². The van der Waals surface area contributed by atoms with Crippen molar-refractivity contribution in [3.05, 3.63) is 36.7 Å². The molecule has 0 aromatic carbocycles. The highest BCUT2D eigenvalue weighted by molar-refractivity contribution is 7.79. The average molecular weight is 702 g/mol. The van der Waals surface area contributed by atoms with Crippen molar-refractivity contribution in [2.24, 2.45) is 0 Å². The number of imidazole rings is 1. The van der Waals surface area contributed by atoms with Crippen LogP contribution >= 0.6 is 14.9 Å². The van der Waals surface area contributed by atoms with E-state index in [-0.39, 0.29) is 17.0 Å². The van der Waals surface area contributed by atoms with Gasteiger partial charge in [-0.3, -0.25) is 24.0 Å². The van der Waals surface area contributed by atoms with Gasteiger partial charge in [-0.15, -0.1) is 0 Å². The maximum absolute atomic E-state index is 16.1. The fraction of sp³-hybridized carbons (Fsp3) is 0.520. The monoisotopic (exact) mass is 702 g/mol. The minimum atomic E-state index is -4.51. The number of methoxy groups -OCH3 is 1. The smallest absolute Gasteiger partial charge is 0.264 e. The Labute approximate surface area is 273 Å². The lowest BCUT2D eigenvalue weighted by Gasteiger charge is -2.30. The predicted octanol–water partition coefficient (Wildman–Crippen LogP) is 1.88. The molecule has 4 aliphatic rings. The van der Waals surface area contributed by atoms with E-state index in [2.05, 4.69) is 25.4 Å². The van der Waals surface area contributed by atoms with E-state index < -0.39 is 77.3 Å². The molecule has 4 aliphatic heterocycles. The molecule has 0 spiro atoms. The lowest BCUT2D eigenvalue weighted by Crippen LogP contribution is -2.39. The first-order valence-corrected chi connectivity index (χ1v) is 18.0. The Bertz CT molecular complexity index is 1970. The van der Waals surface area contributed by atoms with Crippen LogP contribution in [-0.4, -0.2) is 108 Å². The number of pyridine rings is 1. The molecule has 3 fully saturated rings. The van der Waals surface area contributed by atoms with E-state index >= 15 is 4.39 Å². The Morgan fingerprint density at radius 1 is 1.00 bits per heavy atom. The van der Waals surface area contributed by atoms with Crippen molar-refractivity contribution in [1.29, 1.82) is 0 Å². The summed E-state index contributed by atoms with van der Waals surface area (Å²) in [5.74, 6) is 0.0656. The Hall–Kier alpha value is -2.96. The van der Waals surface area contributed by atoms with Gasteiger partial charge in [0.15, 0.2) is 30.1 Å². The maximum Gasteiger partial charge on any atom is 0.264 e. The summed E-state index contributed by atoms with van der Waals surface area (Å²) in [7, 11) is 4.51. The number of alkyl halides is 1. The minimum Gasteiger partial charge on any atom is -0.382 e. The van der Waals surface area contributed by atoms with Crippen LogP contribution in [0.2, 0.25) is 0 Å². The van der Waals surface area contributed by atoms with Crippen LogP contribution < -0.4 is 11.2 Å². The first-order valence-electron chi connectivity index (χ1n) is 14.7. The van der Waals surface area contributed by atoms with Crippen LogP contribution in [0.15, 0.2) is 31.1 Å². The summed E-state index contributed by atoms with van der Waals surface area (Å²) >= 11 is 0. The average Bonchev–Trinajstić information content (AvgIpc) is 3.77. The number of nitrogens with two attached hydrogens (primary N) is 1. The number of nitrogen functional groups attached to an aromatic ring is 1. The Morgan fingerprint density at radius 3 is 2.50 bits per heavy atom. The molecule has 23 heteroatoms. The fourth-order valence-corrected chi connectivity index (χ4v) is 8.47. The standard InChI is InChI=1S/C25H27B2FN8O10P2/c1-39-20-19-14(44-25(20)35-6-11-3-5-40-34-12-2-4-30-22(35)15(11)12)8-42-47(26,37)45-18-13(7-41-48(27,38)46-19)43-24(16(18)28)36-10-33-17-21(29)31-9-32-23(17)36/h2,4,6,9-10,13-14,16,18-20,24-25,34H,3,5,7-8H2,1H3,(H2,29,31,32)/t13-,14-,16?,18+,19?,20+,24-,25-,47?,48?/m1/s1. The summed E-state index contributed by atoms with van der Waals surface area (Å²) in [5, 5.41) is 0.814. The van der Waals surface area contributed by atoms with Crippen molar-refractivity contribution in [3.63, 3.8) is 0 Å². The van der Waals surface area contributed by atoms with Crippen molar-refractivity contribution in [3.8, 4) is 0 Å². The second-order valence-corrected chi connectivity index (χ2v) is 14.6. The third-order valence-electron chi connectivity index (χ3n) is 8.58. The molecule has 0 amide bonds. The molecule has 10 atom stereocenters. The molecule has 4 aromatic heterocycles. The van der Waals surface area contributed by atoms with Gasteiger partial charge in [-0.05, 0) is 11.6 Å². The molecule has 0 aliphatic carbocycles. The zero-order valence-electron chi connectivity index (χ0n) is 25.1. The number of fused-ring (bicyclic) bond motifs is 3. The Morgan fingerprint density at radius 2 is 1.73 bits per heavy atom. The molecule has 3 N–H and O–H groups in total. The van der Waals surface area contributed by atoms with Crippen molar-refractivity contribution in [2.75, 3.05) is 38.1 Å². The van der Waals surface area contributed by atoms with Gasteiger partial charge in [0.25, 0.3) is 14.9 Å². The van der Waals surface area contributed by atoms with Crippen LogP contribution in [0.25, 0.3) is 22.2 Å². The Balaban J connectivity index is 1.09. The van der Waals surface area contributed by atoms with Crippen LogP contribution in [-0.2, 0) is 52.7 Å². The number of hydrogen-bond acceptors (Lipinski definition) is 16. The third kappa shape index (κ3) is 5.55. The quantitative estimate of drug-likeness (QED) is 0.231. The van der Waals surface area contributed by atoms with Gasteiger partial charge < -0.3 is 42.6 Å². The van der Waals surface area contributed by atoms with Gasteiger partial charge >= 0.3 is 0 Å². The number of nitrogens with zero attached hydrogens (tertiary/aromatic N) is 6. The molecule has 8 rings (SSSR count). The van der Waals surface area contributed by atoms with Crippen LogP contribution in [0.5, 0.6) is 0 Å². The van der Waals surface area contributed by atoms with Gasteiger partial charge in [0.05, 0.1) is 31.8 Å². The summed E-state index contributed by atoms with van der Waals surface area (Å²) in [6, 6.07) is 1.78. The van der Waals surface area contributed by atoms with E-state index in [0.717, 1.165) is 10.9 Å². The van der Waals surface area contributed by atoms with Crippen LogP contribution in [0.4, 0.5) is 15.9 Å². The van der Waals surface area contributed by atoms with Crippen molar-refractivity contribution >= 4 is 63.8 Å². The number of ether oxygens (including phenoxy) is 3. The van der Waals surface area contributed by atoms with E-state index in [4.69, 9.17) is 58.0 Å². The molecule has 4 aromatic rings. The van der Waals surface area contributed by atoms with E-state index in [1.54, 1.807) is 16.8 Å². The normalized spacial score (nSPS) is 37.3. The predicted molar refractivity (Wildman–Crippen MR) is 165 cm³/mol. The molecule has 48 heavy (non-hydrogen) atoms. The van der Waals surface area contributed by atoms with Crippen LogP contribution in [0, 0.1) is 0 Å². The van der Waals surface area contributed by atoms with Crippen molar-refractivity contribution < 1.29 is 50.7 Å². The molecule has 4 radical (unpaired) electrons.